The van der Waals surface area contributed by atoms with Gasteiger partial charge in [0.2, 0.25) is 0 Å². The van der Waals surface area contributed by atoms with Gasteiger partial charge in [-0.05, 0) is 80.4 Å². The molecule has 5 rings (SSSR count). The molecule has 3 N–H and O–H groups in total. The summed E-state index contributed by atoms with van der Waals surface area (Å²) in [7, 11) is 1.59. The number of ether oxygens (including phenoxy) is 2. The number of aromatic nitrogens is 2. The molecule has 2 heterocycles. The summed E-state index contributed by atoms with van der Waals surface area (Å²) in [5.41, 5.74) is 4.63. The largest absolute Gasteiger partial charge is 0.497 e. The summed E-state index contributed by atoms with van der Waals surface area (Å²) >= 11 is 0. The molecule has 9 heteroatoms. The van der Waals surface area contributed by atoms with Gasteiger partial charge in [0.05, 0.1) is 25.5 Å². The minimum absolute atomic E-state index is 0.291. The normalized spacial score (nSPS) is 14.2. The van der Waals surface area contributed by atoms with Crippen molar-refractivity contribution < 1.29 is 19.1 Å². The highest BCUT2D eigenvalue weighted by Gasteiger charge is 2.35. The number of hydrogen-bond donors (Lipinski definition) is 3. The number of nitrogens with one attached hydrogen (secondary N) is 3. The lowest BCUT2D eigenvalue weighted by molar-refractivity contribution is -0.113. The highest BCUT2D eigenvalue weighted by Crippen LogP contribution is 2.38. The predicted octanol–water partition coefficient (Wildman–Crippen LogP) is 5.78. The zero-order valence-electron chi connectivity index (χ0n) is 22.8. The smallest absolute Gasteiger partial charge is 0.261 e. The first-order chi connectivity index (χ1) is 19.4. The summed E-state index contributed by atoms with van der Waals surface area (Å²) < 4.78 is 12.5. The van der Waals surface area contributed by atoms with Crippen LogP contribution in [0.25, 0.3) is 0 Å². The molecule has 1 aliphatic rings. The highest BCUT2D eigenvalue weighted by molar-refractivity contribution is 6.09. The van der Waals surface area contributed by atoms with E-state index < -0.39 is 6.04 Å². The summed E-state index contributed by atoms with van der Waals surface area (Å²) in [5, 5.41) is 13.8. The van der Waals surface area contributed by atoms with Crippen LogP contribution in [0.3, 0.4) is 0 Å². The van der Waals surface area contributed by atoms with Crippen molar-refractivity contribution in [2.24, 2.45) is 0 Å². The summed E-state index contributed by atoms with van der Waals surface area (Å²) in [6.45, 7) is 6.26. The summed E-state index contributed by atoms with van der Waals surface area (Å²) in [5.74, 6) is 1.33. The molecule has 204 valence electrons. The Bertz CT molecular complexity index is 1570. The van der Waals surface area contributed by atoms with Crippen molar-refractivity contribution in [3.8, 4) is 11.5 Å². The Balaban J connectivity index is 1.52. The molecule has 40 heavy (non-hydrogen) atoms. The van der Waals surface area contributed by atoms with E-state index in [0.717, 1.165) is 16.9 Å². The number of anilines is 3. The number of benzene rings is 3. The molecule has 1 aliphatic heterocycles. The third-order valence-corrected chi connectivity index (χ3v) is 6.64. The fraction of sp³-hybridized carbons (Fsp3) is 0.194. The maximum atomic E-state index is 13.7. The first-order valence-corrected chi connectivity index (χ1v) is 13.0. The lowest BCUT2D eigenvalue weighted by Gasteiger charge is -2.30. The van der Waals surface area contributed by atoms with Crippen LogP contribution in [0.2, 0.25) is 0 Å². The number of amides is 2. The van der Waals surface area contributed by atoms with Crippen molar-refractivity contribution in [3.63, 3.8) is 0 Å². The van der Waals surface area contributed by atoms with Gasteiger partial charge in [-0.25, -0.2) is 4.68 Å². The number of fused-ring (bicyclic) bond motifs is 1. The Kier molecular flexibility index (Phi) is 7.54. The van der Waals surface area contributed by atoms with E-state index in [1.54, 1.807) is 36.1 Å². The number of carbonyl (C=O) groups excluding carboxylic acids is 2. The van der Waals surface area contributed by atoms with E-state index >= 15 is 0 Å². The SMILES string of the molecule is CCOc1ccc([C@@H]2C(C(=O)Nc3ccc(OC)cc3)=C(C)Nc3c(C(=O)Nc4cccc(C)c4)cnn32)cc1. The molecular weight excluding hydrogens is 506 g/mol. The predicted molar refractivity (Wildman–Crippen MR) is 155 cm³/mol. The van der Waals surface area contributed by atoms with Crippen LogP contribution in [-0.2, 0) is 4.79 Å². The Morgan fingerprint density at radius 2 is 1.62 bits per heavy atom. The van der Waals surface area contributed by atoms with E-state index in [9.17, 15) is 9.59 Å². The van der Waals surface area contributed by atoms with Gasteiger partial charge in [-0.2, -0.15) is 5.10 Å². The summed E-state index contributed by atoms with van der Waals surface area (Å²) in [6.07, 6.45) is 1.52. The fourth-order valence-electron chi connectivity index (χ4n) is 4.73. The van der Waals surface area contributed by atoms with Crippen LogP contribution >= 0.6 is 0 Å². The summed E-state index contributed by atoms with van der Waals surface area (Å²) in [6, 6.07) is 21.7. The van der Waals surface area contributed by atoms with Gasteiger partial charge in [0.25, 0.3) is 11.8 Å². The second-order valence-electron chi connectivity index (χ2n) is 9.43. The third-order valence-electron chi connectivity index (χ3n) is 6.64. The first-order valence-electron chi connectivity index (χ1n) is 13.0. The number of hydrogen-bond acceptors (Lipinski definition) is 6. The van der Waals surface area contributed by atoms with Crippen molar-refractivity contribution in [3.05, 3.63) is 107 Å². The van der Waals surface area contributed by atoms with E-state index in [1.165, 1.54) is 6.20 Å². The van der Waals surface area contributed by atoms with Crippen LogP contribution in [0.4, 0.5) is 17.2 Å². The Morgan fingerprint density at radius 1 is 0.925 bits per heavy atom. The standard InChI is InChI=1S/C31H31N5O4/c1-5-40-25-13-9-21(10-14-25)28-27(31(38)34-22-11-15-24(39-4)16-12-22)20(3)33-29-26(18-32-36(28)29)30(37)35-23-8-6-7-19(2)17-23/h6-18,28,33H,5H2,1-4H3,(H,34,38)(H,35,37)/t28-/m1/s1. The molecule has 0 fully saturated rings. The molecular formula is C31H31N5O4. The van der Waals surface area contributed by atoms with E-state index in [2.05, 4.69) is 21.0 Å². The summed E-state index contributed by atoms with van der Waals surface area (Å²) in [4.78, 5) is 27.0. The molecule has 0 bridgehead atoms. The zero-order valence-corrected chi connectivity index (χ0v) is 22.8. The molecule has 0 saturated heterocycles. The zero-order chi connectivity index (χ0) is 28.2. The molecule has 4 aromatic rings. The van der Waals surface area contributed by atoms with Crippen LogP contribution in [0, 0.1) is 6.92 Å². The lowest BCUT2D eigenvalue weighted by Crippen LogP contribution is -2.32. The maximum Gasteiger partial charge on any atom is 0.261 e. The van der Waals surface area contributed by atoms with Gasteiger partial charge in [-0.3, -0.25) is 9.59 Å². The number of allylic oxidation sites excluding steroid dienone is 1. The highest BCUT2D eigenvalue weighted by atomic mass is 16.5. The molecule has 3 aromatic carbocycles. The number of rotatable bonds is 8. The fourth-order valence-corrected chi connectivity index (χ4v) is 4.73. The molecule has 0 spiro atoms. The molecule has 9 nitrogen and oxygen atoms in total. The average Bonchev–Trinajstić information content (AvgIpc) is 3.37. The Labute approximate surface area is 232 Å². The minimum atomic E-state index is -0.592. The van der Waals surface area contributed by atoms with Gasteiger partial charge in [-0.15, -0.1) is 0 Å². The van der Waals surface area contributed by atoms with Crippen LogP contribution in [-0.4, -0.2) is 35.3 Å². The molecule has 2 amide bonds. The van der Waals surface area contributed by atoms with Gasteiger partial charge in [0.15, 0.2) is 0 Å². The van der Waals surface area contributed by atoms with Crippen molar-refractivity contribution >= 4 is 29.0 Å². The number of nitrogens with zero attached hydrogens (tertiary/aromatic N) is 2. The van der Waals surface area contributed by atoms with Gasteiger partial charge < -0.3 is 25.4 Å². The van der Waals surface area contributed by atoms with Gasteiger partial charge in [0.1, 0.15) is 28.9 Å². The van der Waals surface area contributed by atoms with E-state index in [-0.39, 0.29) is 11.8 Å². The number of aryl methyl sites for hydroxylation is 1. The first kappa shape index (κ1) is 26.6. The molecule has 0 saturated carbocycles. The topological polar surface area (TPSA) is 107 Å². The quantitative estimate of drug-likeness (QED) is 0.263. The monoisotopic (exact) mass is 537 g/mol. The second kappa shape index (κ2) is 11.4. The maximum absolute atomic E-state index is 13.7. The molecule has 1 atom stereocenters. The molecule has 0 unspecified atom stereocenters. The van der Waals surface area contributed by atoms with Crippen molar-refractivity contribution in [1.29, 1.82) is 0 Å². The van der Waals surface area contributed by atoms with Crippen LogP contribution in [0.15, 0.2) is 90.3 Å². The number of carbonyl (C=O) groups is 2. The van der Waals surface area contributed by atoms with Crippen molar-refractivity contribution in [1.82, 2.24) is 9.78 Å². The van der Waals surface area contributed by atoms with Crippen LogP contribution < -0.4 is 25.4 Å². The second-order valence-corrected chi connectivity index (χ2v) is 9.43. The van der Waals surface area contributed by atoms with Crippen LogP contribution in [0.5, 0.6) is 11.5 Å². The van der Waals surface area contributed by atoms with E-state index in [4.69, 9.17) is 9.47 Å². The van der Waals surface area contributed by atoms with Crippen molar-refractivity contribution in [2.45, 2.75) is 26.8 Å². The third kappa shape index (κ3) is 5.40. The van der Waals surface area contributed by atoms with Gasteiger partial charge in [-0.1, -0.05) is 24.3 Å². The van der Waals surface area contributed by atoms with E-state index in [0.29, 0.717) is 46.4 Å². The Hall–Kier alpha value is -5.05. The molecule has 1 aromatic heterocycles. The molecule has 0 radical (unpaired) electrons. The van der Waals surface area contributed by atoms with Gasteiger partial charge >= 0.3 is 0 Å². The van der Waals surface area contributed by atoms with E-state index in [1.807, 2.05) is 69.3 Å². The minimum Gasteiger partial charge on any atom is -0.497 e. The van der Waals surface area contributed by atoms with Crippen molar-refractivity contribution in [2.75, 3.05) is 29.7 Å². The lowest BCUT2D eigenvalue weighted by atomic mass is 9.94. The average molecular weight is 538 g/mol. The number of methoxy groups -OCH3 is 1. The molecule has 0 aliphatic carbocycles. The Morgan fingerprint density at radius 3 is 2.30 bits per heavy atom. The van der Waals surface area contributed by atoms with Crippen LogP contribution in [0.1, 0.15) is 41.4 Å². The van der Waals surface area contributed by atoms with Gasteiger partial charge in [0, 0.05) is 17.1 Å².